The maximum Gasteiger partial charge on any atom is 0.137 e. The summed E-state index contributed by atoms with van der Waals surface area (Å²) in [4.78, 5) is 0.889. The van der Waals surface area contributed by atoms with Gasteiger partial charge < -0.3 is 5.32 Å². The molecular formula is C17H24FNS. The molecule has 0 saturated heterocycles. The van der Waals surface area contributed by atoms with Crippen molar-refractivity contribution in [2.24, 2.45) is 5.92 Å². The highest BCUT2D eigenvalue weighted by atomic mass is 32.2. The van der Waals surface area contributed by atoms with Crippen LogP contribution in [0.4, 0.5) is 4.39 Å². The van der Waals surface area contributed by atoms with Crippen molar-refractivity contribution in [1.29, 1.82) is 0 Å². The van der Waals surface area contributed by atoms with E-state index in [-0.39, 0.29) is 5.82 Å². The Hall–Kier alpha value is -0.540. The van der Waals surface area contributed by atoms with Gasteiger partial charge in [0.05, 0.1) is 0 Å². The molecule has 0 bridgehead atoms. The lowest BCUT2D eigenvalue weighted by atomic mass is 9.91. The summed E-state index contributed by atoms with van der Waals surface area (Å²) >= 11 is 1.78. The van der Waals surface area contributed by atoms with Gasteiger partial charge in [0.2, 0.25) is 0 Å². The predicted molar refractivity (Wildman–Crippen MR) is 83.5 cm³/mol. The van der Waals surface area contributed by atoms with Gasteiger partial charge in [-0.1, -0.05) is 31.9 Å². The first kappa shape index (κ1) is 14.4. The van der Waals surface area contributed by atoms with Crippen molar-refractivity contribution in [1.82, 2.24) is 5.32 Å². The van der Waals surface area contributed by atoms with Gasteiger partial charge in [-0.2, -0.15) is 0 Å². The molecule has 2 fully saturated rings. The van der Waals surface area contributed by atoms with Crippen LogP contribution in [0.15, 0.2) is 23.1 Å². The van der Waals surface area contributed by atoms with E-state index in [0.29, 0.717) is 11.3 Å². The minimum Gasteiger partial charge on any atom is -0.310 e. The molecule has 1 N–H and O–H groups in total. The van der Waals surface area contributed by atoms with E-state index in [2.05, 4.69) is 18.3 Å². The van der Waals surface area contributed by atoms with Gasteiger partial charge in [0.1, 0.15) is 5.82 Å². The van der Waals surface area contributed by atoms with Gasteiger partial charge in [-0.05, 0) is 43.2 Å². The van der Waals surface area contributed by atoms with Crippen molar-refractivity contribution >= 4 is 11.8 Å². The van der Waals surface area contributed by atoms with E-state index in [0.717, 1.165) is 22.9 Å². The second-order valence-electron chi connectivity index (χ2n) is 6.39. The molecule has 0 radical (unpaired) electrons. The average Bonchev–Trinajstić information content (AvgIpc) is 3.24. The van der Waals surface area contributed by atoms with Crippen LogP contribution < -0.4 is 5.32 Å². The zero-order valence-electron chi connectivity index (χ0n) is 12.2. The smallest absolute Gasteiger partial charge is 0.137 e. The summed E-state index contributed by atoms with van der Waals surface area (Å²) in [5, 5.41) is 4.10. The summed E-state index contributed by atoms with van der Waals surface area (Å²) < 4.78 is 14.2. The van der Waals surface area contributed by atoms with E-state index in [4.69, 9.17) is 0 Å². The first-order chi connectivity index (χ1) is 9.72. The van der Waals surface area contributed by atoms with Crippen molar-refractivity contribution < 1.29 is 4.39 Å². The second-order valence-corrected chi connectivity index (χ2v) is 7.71. The summed E-state index contributed by atoms with van der Waals surface area (Å²) in [6, 6.07) is 6.19. The van der Waals surface area contributed by atoms with Crippen LogP contribution in [0.3, 0.4) is 0 Å². The van der Waals surface area contributed by atoms with Crippen molar-refractivity contribution in [2.45, 2.75) is 68.2 Å². The summed E-state index contributed by atoms with van der Waals surface area (Å²) in [7, 11) is 0. The first-order valence-electron chi connectivity index (χ1n) is 7.90. The van der Waals surface area contributed by atoms with Gasteiger partial charge in [-0.25, -0.2) is 4.39 Å². The minimum absolute atomic E-state index is 0.0386. The molecule has 2 aliphatic carbocycles. The third-order valence-electron chi connectivity index (χ3n) is 4.38. The van der Waals surface area contributed by atoms with E-state index < -0.39 is 0 Å². The molecule has 2 saturated carbocycles. The monoisotopic (exact) mass is 293 g/mol. The quantitative estimate of drug-likeness (QED) is 0.841. The third-order valence-corrected chi connectivity index (χ3v) is 5.83. The molecular weight excluding hydrogens is 269 g/mol. The normalized spacial score (nSPS) is 26.7. The van der Waals surface area contributed by atoms with Crippen LogP contribution in [-0.2, 0) is 6.54 Å². The highest BCUT2D eigenvalue weighted by Crippen LogP contribution is 2.38. The van der Waals surface area contributed by atoms with Crippen LogP contribution in [0, 0.1) is 11.7 Å². The highest BCUT2D eigenvalue weighted by molar-refractivity contribution is 8.00. The Bertz CT molecular complexity index is 458. The lowest BCUT2D eigenvalue weighted by Crippen LogP contribution is -2.18. The maximum atomic E-state index is 14.2. The van der Waals surface area contributed by atoms with Crippen LogP contribution in [0.25, 0.3) is 0 Å². The fraction of sp³-hybridized carbons (Fsp3) is 0.647. The molecule has 0 aromatic heterocycles. The van der Waals surface area contributed by atoms with Gasteiger partial charge >= 0.3 is 0 Å². The molecule has 1 aromatic rings. The van der Waals surface area contributed by atoms with E-state index in [1.165, 1.54) is 38.5 Å². The number of rotatable bonds is 5. The predicted octanol–water partition coefficient (Wildman–Crippen LogP) is 4.75. The molecule has 0 heterocycles. The van der Waals surface area contributed by atoms with Gasteiger partial charge in [0.15, 0.2) is 0 Å². The molecule has 0 amide bonds. The number of benzene rings is 1. The summed E-state index contributed by atoms with van der Waals surface area (Å²) in [5.74, 6) is 0.754. The van der Waals surface area contributed by atoms with E-state index in [1.54, 1.807) is 17.8 Å². The number of halogens is 1. The fourth-order valence-electron chi connectivity index (χ4n) is 3.02. The second kappa shape index (κ2) is 6.48. The topological polar surface area (TPSA) is 12.0 Å². The largest absolute Gasteiger partial charge is 0.310 e. The average molecular weight is 293 g/mol. The van der Waals surface area contributed by atoms with Crippen molar-refractivity contribution in [3.8, 4) is 0 Å². The number of hydrogen-bond donors (Lipinski definition) is 1. The minimum atomic E-state index is -0.0386. The molecule has 3 heteroatoms. The fourth-order valence-corrected chi connectivity index (χ4v) is 4.53. The Labute approximate surface area is 125 Å². The summed E-state index contributed by atoms with van der Waals surface area (Å²) in [5.41, 5.74) is 1.14. The molecule has 1 nitrogen and oxygen atoms in total. The number of thioether (sulfide) groups is 1. The van der Waals surface area contributed by atoms with Crippen LogP contribution in [0.2, 0.25) is 0 Å². The molecule has 1 aromatic carbocycles. The van der Waals surface area contributed by atoms with Crippen molar-refractivity contribution in [3.63, 3.8) is 0 Å². The Morgan fingerprint density at radius 2 is 2.10 bits per heavy atom. The van der Waals surface area contributed by atoms with Gasteiger partial charge in [0.25, 0.3) is 0 Å². The molecule has 3 rings (SSSR count). The molecule has 2 unspecified atom stereocenters. The van der Waals surface area contributed by atoms with Crippen LogP contribution in [-0.4, -0.2) is 11.3 Å². The SMILES string of the molecule is CC1CCCC(Sc2c(F)cccc2CNC2CC2)C1. The molecule has 2 aliphatic rings. The van der Waals surface area contributed by atoms with Gasteiger partial charge in [-0.15, -0.1) is 11.8 Å². The highest BCUT2D eigenvalue weighted by Gasteiger charge is 2.24. The lowest BCUT2D eigenvalue weighted by Gasteiger charge is -2.27. The third kappa shape index (κ3) is 3.76. The van der Waals surface area contributed by atoms with E-state index in [9.17, 15) is 4.39 Å². The summed E-state index contributed by atoms with van der Waals surface area (Å²) in [6.07, 6.45) is 7.65. The Kier molecular flexibility index (Phi) is 4.67. The maximum absolute atomic E-state index is 14.2. The van der Waals surface area contributed by atoms with Crippen LogP contribution in [0.1, 0.15) is 51.0 Å². The van der Waals surface area contributed by atoms with E-state index in [1.807, 2.05) is 6.07 Å². The Balaban J connectivity index is 1.69. The Morgan fingerprint density at radius 1 is 1.25 bits per heavy atom. The zero-order chi connectivity index (χ0) is 13.9. The number of hydrogen-bond acceptors (Lipinski definition) is 2. The van der Waals surface area contributed by atoms with Crippen LogP contribution in [0.5, 0.6) is 0 Å². The molecule has 0 spiro atoms. The summed E-state index contributed by atoms with van der Waals surface area (Å²) in [6.45, 7) is 3.14. The van der Waals surface area contributed by atoms with Gasteiger partial charge in [0, 0.05) is 22.7 Å². The molecule has 2 atom stereocenters. The van der Waals surface area contributed by atoms with Crippen molar-refractivity contribution in [2.75, 3.05) is 0 Å². The van der Waals surface area contributed by atoms with Crippen LogP contribution >= 0.6 is 11.8 Å². The molecule has 20 heavy (non-hydrogen) atoms. The Morgan fingerprint density at radius 3 is 2.85 bits per heavy atom. The van der Waals surface area contributed by atoms with Crippen molar-refractivity contribution in [3.05, 3.63) is 29.6 Å². The molecule has 110 valence electrons. The first-order valence-corrected chi connectivity index (χ1v) is 8.78. The molecule has 0 aliphatic heterocycles. The van der Waals surface area contributed by atoms with Gasteiger partial charge in [-0.3, -0.25) is 0 Å². The lowest BCUT2D eigenvalue weighted by molar-refractivity contribution is 0.394. The standard InChI is InChI=1S/C17H24FNS/c1-12-4-2-6-15(10-12)20-17-13(5-3-7-16(17)18)11-19-14-8-9-14/h3,5,7,12,14-15,19H,2,4,6,8-11H2,1H3. The van der Waals surface area contributed by atoms with E-state index >= 15 is 0 Å². The zero-order valence-corrected chi connectivity index (χ0v) is 13.0. The number of nitrogens with one attached hydrogen (secondary N) is 1.